The standard InChI is InChI=1S/C14H27NO/c1-14(2)8-7-13(16-14)10-11-5-4-6-12(9-11)15-3/h11-13,15H,4-10H2,1-3H3. The van der Waals surface area contributed by atoms with Gasteiger partial charge in [0.2, 0.25) is 0 Å². The summed E-state index contributed by atoms with van der Waals surface area (Å²) in [6.07, 6.45) is 9.87. The molecule has 0 aromatic carbocycles. The highest BCUT2D eigenvalue weighted by Gasteiger charge is 2.33. The second kappa shape index (κ2) is 5.05. The quantitative estimate of drug-likeness (QED) is 0.797. The highest BCUT2D eigenvalue weighted by atomic mass is 16.5. The van der Waals surface area contributed by atoms with E-state index in [0.29, 0.717) is 6.10 Å². The Labute approximate surface area is 100 Å². The van der Waals surface area contributed by atoms with Crippen molar-refractivity contribution in [3.05, 3.63) is 0 Å². The molecule has 2 heteroatoms. The van der Waals surface area contributed by atoms with Crippen molar-refractivity contribution in [2.24, 2.45) is 5.92 Å². The molecule has 94 valence electrons. The maximum Gasteiger partial charge on any atom is 0.0631 e. The van der Waals surface area contributed by atoms with E-state index < -0.39 is 0 Å². The average molecular weight is 225 g/mol. The predicted octanol–water partition coefficient (Wildman–Crippen LogP) is 3.11. The van der Waals surface area contributed by atoms with Crippen LogP contribution >= 0.6 is 0 Å². The summed E-state index contributed by atoms with van der Waals surface area (Å²) in [5, 5.41) is 3.43. The minimum absolute atomic E-state index is 0.141. The van der Waals surface area contributed by atoms with Gasteiger partial charge in [-0.1, -0.05) is 12.8 Å². The van der Waals surface area contributed by atoms with E-state index in [0.717, 1.165) is 12.0 Å². The summed E-state index contributed by atoms with van der Waals surface area (Å²) in [5.41, 5.74) is 0.141. The van der Waals surface area contributed by atoms with Crippen LogP contribution in [0.1, 0.15) is 58.8 Å². The Hall–Kier alpha value is -0.0800. The smallest absolute Gasteiger partial charge is 0.0631 e. The van der Waals surface area contributed by atoms with E-state index in [9.17, 15) is 0 Å². The van der Waals surface area contributed by atoms with Crippen LogP contribution in [0.5, 0.6) is 0 Å². The lowest BCUT2D eigenvalue weighted by molar-refractivity contribution is -0.0271. The van der Waals surface area contributed by atoms with Crippen molar-refractivity contribution in [1.29, 1.82) is 0 Å². The second-order valence-electron chi connectivity index (χ2n) is 6.29. The summed E-state index contributed by atoms with van der Waals surface area (Å²) in [5.74, 6) is 0.894. The molecular weight excluding hydrogens is 198 g/mol. The molecule has 1 heterocycles. The zero-order valence-electron chi connectivity index (χ0n) is 11.1. The Bertz CT molecular complexity index is 227. The fourth-order valence-electron chi connectivity index (χ4n) is 3.38. The maximum atomic E-state index is 6.10. The molecule has 3 unspecified atom stereocenters. The first-order chi connectivity index (χ1) is 7.59. The van der Waals surface area contributed by atoms with Crippen LogP contribution < -0.4 is 5.32 Å². The Balaban J connectivity index is 1.77. The maximum absolute atomic E-state index is 6.10. The largest absolute Gasteiger partial charge is 0.372 e. The molecule has 0 radical (unpaired) electrons. The van der Waals surface area contributed by atoms with E-state index in [-0.39, 0.29) is 5.60 Å². The van der Waals surface area contributed by atoms with Crippen molar-refractivity contribution >= 4 is 0 Å². The first-order valence-corrected chi connectivity index (χ1v) is 6.94. The van der Waals surface area contributed by atoms with Crippen molar-refractivity contribution < 1.29 is 4.74 Å². The van der Waals surface area contributed by atoms with Gasteiger partial charge in [-0.15, -0.1) is 0 Å². The Morgan fingerprint density at radius 3 is 2.69 bits per heavy atom. The zero-order chi connectivity index (χ0) is 11.6. The molecule has 3 atom stereocenters. The van der Waals surface area contributed by atoms with E-state index in [1.54, 1.807) is 0 Å². The van der Waals surface area contributed by atoms with Gasteiger partial charge < -0.3 is 10.1 Å². The van der Waals surface area contributed by atoms with Gasteiger partial charge in [-0.05, 0) is 58.9 Å². The molecule has 1 aliphatic heterocycles. The SMILES string of the molecule is CNC1CCCC(CC2CCC(C)(C)O2)C1. The highest BCUT2D eigenvalue weighted by molar-refractivity contribution is 4.85. The molecule has 2 fully saturated rings. The van der Waals surface area contributed by atoms with Crippen LogP contribution in [0, 0.1) is 5.92 Å². The first kappa shape index (κ1) is 12.4. The van der Waals surface area contributed by atoms with Crippen LogP contribution in [0.25, 0.3) is 0 Å². The molecule has 1 N–H and O–H groups in total. The van der Waals surface area contributed by atoms with Crippen molar-refractivity contribution in [3.63, 3.8) is 0 Å². The first-order valence-electron chi connectivity index (χ1n) is 6.94. The van der Waals surface area contributed by atoms with Crippen LogP contribution in [0.2, 0.25) is 0 Å². The summed E-state index contributed by atoms with van der Waals surface area (Å²) in [7, 11) is 2.10. The van der Waals surface area contributed by atoms with E-state index in [1.165, 1.54) is 44.9 Å². The van der Waals surface area contributed by atoms with Crippen molar-refractivity contribution in [3.8, 4) is 0 Å². The summed E-state index contributed by atoms with van der Waals surface area (Å²) in [6, 6.07) is 0.758. The minimum Gasteiger partial charge on any atom is -0.372 e. The molecule has 1 saturated carbocycles. The third kappa shape index (κ3) is 3.21. The molecule has 2 rings (SSSR count). The lowest BCUT2D eigenvalue weighted by atomic mass is 9.82. The number of hydrogen-bond acceptors (Lipinski definition) is 2. The van der Waals surface area contributed by atoms with Gasteiger partial charge in [0.25, 0.3) is 0 Å². The predicted molar refractivity (Wildman–Crippen MR) is 67.6 cm³/mol. The van der Waals surface area contributed by atoms with Gasteiger partial charge in [-0.2, -0.15) is 0 Å². The lowest BCUT2D eigenvalue weighted by Gasteiger charge is -2.31. The summed E-state index contributed by atoms with van der Waals surface area (Å²) < 4.78 is 6.10. The van der Waals surface area contributed by atoms with Crippen LogP contribution in [-0.2, 0) is 4.74 Å². The van der Waals surface area contributed by atoms with Gasteiger partial charge in [0.05, 0.1) is 11.7 Å². The second-order valence-corrected chi connectivity index (χ2v) is 6.29. The van der Waals surface area contributed by atoms with Crippen LogP contribution in [0.15, 0.2) is 0 Å². The summed E-state index contributed by atoms with van der Waals surface area (Å²) in [6.45, 7) is 4.45. The van der Waals surface area contributed by atoms with Crippen LogP contribution in [-0.4, -0.2) is 24.8 Å². The monoisotopic (exact) mass is 225 g/mol. The lowest BCUT2D eigenvalue weighted by Crippen LogP contribution is -2.32. The molecule has 0 spiro atoms. The topological polar surface area (TPSA) is 21.3 Å². The van der Waals surface area contributed by atoms with Crippen LogP contribution in [0.3, 0.4) is 0 Å². The van der Waals surface area contributed by atoms with E-state index >= 15 is 0 Å². The third-order valence-electron chi connectivity index (χ3n) is 4.34. The number of rotatable bonds is 3. The number of hydrogen-bond donors (Lipinski definition) is 1. The Morgan fingerprint density at radius 2 is 2.06 bits per heavy atom. The molecular formula is C14H27NO. The third-order valence-corrected chi connectivity index (χ3v) is 4.34. The molecule has 0 amide bonds. The van der Waals surface area contributed by atoms with Crippen molar-refractivity contribution in [2.75, 3.05) is 7.05 Å². The Morgan fingerprint density at radius 1 is 1.25 bits per heavy atom. The molecule has 2 nitrogen and oxygen atoms in total. The van der Waals surface area contributed by atoms with Crippen LogP contribution in [0.4, 0.5) is 0 Å². The molecule has 2 aliphatic rings. The molecule has 0 aromatic rings. The fourth-order valence-corrected chi connectivity index (χ4v) is 3.38. The molecule has 16 heavy (non-hydrogen) atoms. The minimum atomic E-state index is 0.141. The van der Waals surface area contributed by atoms with Gasteiger partial charge in [-0.3, -0.25) is 0 Å². The summed E-state index contributed by atoms with van der Waals surface area (Å²) in [4.78, 5) is 0. The number of nitrogens with one attached hydrogen (secondary N) is 1. The molecule has 1 aliphatic carbocycles. The van der Waals surface area contributed by atoms with Gasteiger partial charge in [0.15, 0.2) is 0 Å². The van der Waals surface area contributed by atoms with Gasteiger partial charge >= 0.3 is 0 Å². The van der Waals surface area contributed by atoms with Gasteiger partial charge in [0, 0.05) is 6.04 Å². The van der Waals surface area contributed by atoms with Crippen molar-refractivity contribution in [2.45, 2.75) is 76.5 Å². The highest BCUT2D eigenvalue weighted by Crippen LogP contribution is 2.36. The summed E-state index contributed by atoms with van der Waals surface area (Å²) >= 11 is 0. The zero-order valence-corrected chi connectivity index (χ0v) is 11.1. The van der Waals surface area contributed by atoms with E-state index in [4.69, 9.17) is 4.74 Å². The normalized spacial score (nSPS) is 38.8. The van der Waals surface area contributed by atoms with E-state index in [2.05, 4.69) is 26.2 Å². The van der Waals surface area contributed by atoms with E-state index in [1.807, 2.05) is 0 Å². The fraction of sp³-hybridized carbons (Fsp3) is 1.00. The number of ether oxygens (including phenoxy) is 1. The molecule has 0 bridgehead atoms. The molecule has 0 aromatic heterocycles. The van der Waals surface area contributed by atoms with Gasteiger partial charge in [0.1, 0.15) is 0 Å². The van der Waals surface area contributed by atoms with Gasteiger partial charge in [-0.25, -0.2) is 0 Å². The average Bonchev–Trinajstić information content (AvgIpc) is 2.58. The molecule has 1 saturated heterocycles. The van der Waals surface area contributed by atoms with Crippen molar-refractivity contribution in [1.82, 2.24) is 5.32 Å². The Kier molecular flexibility index (Phi) is 3.91.